The molecule has 86 valence electrons. The summed E-state index contributed by atoms with van der Waals surface area (Å²) in [4.78, 5) is 11.4. The smallest absolute Gasteiger partial charge is 0.194 e. The molecule has 1 aromatic carbocycles. The van der Waals surface area contributed by atoms with Crippen LogP contribution >= 0.6 is 0 Å². The van der Waals surface area contributed by atoms with Gasteiger partial charge in [-0.05, 0) is 37.0 Å². The molecule has 0 saturated heterocycles. The number of ketones is 1. The van der Waals surface area contributed by atoms with Crippen molar-refractivity contribution < 1.29 is 18.0 Å². The second kappa shape index (κ2) is 4.28. The van der Waals surface area contributed by atoms with Gasteiger partial charge in [0, 0.05) is 12.3 Å². The highest BCUT2D eigenvalue weighted by atomic mass is 19.2. The Hall–Kier alpha value is -1.32. The molecule has 0 heterocycles. The molecule has 0 bridgehead atoms. The molecule has 1 aromatic rings. The summed E-state index contributed by atoms with van der Waals surface area (Å²) in [6, 6.07) is 1.89. The average Bonchev–Trinajstić information content (AvgIpc) is 3.05. The minimum atomic E-state index is -1.46. The fourth-order valence-electron chi connectivity index (χ4n) is 1.63. The average molecular weight is 228 g/mol. The van der Waals surface area contributed by atoms with Gasteiger partial charge in [-0.1, -0.05) is 0 Å². The van der Waals surface area contributed by atoms with Gasteiger partial charge in [0.25, 0.3) is 0 Å². The lowest BCUT2D eigenvalue weighted by atomic mass is 10.1. The number of rotatable bonds is 4. The summed E-state index contributed by atoms with van der Waals surface area (Å²) in [6.07, 6.45) is 2.38. The van der Waals surface area contributed by atoms with E-state index in [1.807, 2.05) is 0 Å². The van der Waals surface area contributed by atoms with Gasteiger partial charge in [0.1, 0.15) is 5.78 Å². The van der Waals surface area contributed by atoms with Crippen LogP contribution in [0.2, 0.25) is 0 Å². The lowest BCUT2D eigenvalue weighted by Gasteiger charge is -2.02. The van der Waals surface area contributed by atoms with Crippen LogP contribution in [0.1, 0.15) is 24.8 Å². The van der Waals surface area contributed by atoms with Crippen molar-refractivity contribution in [3.05, 3.63) is 35.1 Å². The molecule has 1 saturated carbocycles. The van der Waals surface area contributed by atoms with E-state index in [1.54, 1.807) is 0 Å². The zero-order chi connectivity index (χ0) is 11.7. The Morgan fingerprint density at radius 1 is 1.19 bits per heavy atom. The van der Waals surface area contributed by atoms with Crippen LogP contribution in [0.5, 0.6) is 0 Å². The van der Waals surface area contributed by atoms with Crippen LogP contribution < -0.4 is 0 Å². The fraction of sp³-hybridized carbons (Fsp3) is 0.417. The Labute approximate surface area is 91.3 Å². The maximum atomic E-state index is 12.8. The molecule has 1 aliphatic carbocycles. The zero-order valence-corrected chi connectivity index (χ0v) is 8.60. The third kappa shape index (κ3) is 2.43. The zero-order valence-electron chi connectivity index (χ0n) is 8.60. The van der Waals surface area contributed by atoms with Crippen molar-refractivity contribution in [3.63, 3.8) is 0 Å². The molecule has 0 aromatic heterocycles. The molecule has 16 heavy (non-hydrogen) atoms. The fourth-order valence-corrected chi connectivity index (χ4v) is 1.63. The minimum absolute atomic E-state index is 0.130. The van der Waals surface area contributed by atoms with Gasteiger partial charge in [-0.3, -0.25) is 4.79 Å². The number of hydrogen-bond acceptors (Lipinski definition) is 1. The summed E-state index contributed by atoms with van der Waals surface area (Å²) in [5.74, 6) is -3.58. The third-order valence-corrected chi connectivity index (χ3v) is 2.74. The Balaban J connectivity index is 2.01. The molecule has 2 rings (SSSR count). The number of carbonyl (C=O) groups is 1. The first kappa shape index (κ1) is 11.2. The molecule has 1 aliphatic rings. The van der Waals surface area contributed by atoms with E-state index < -0.39 is 17.5 Å². The number of benzene rings is 1. The van der Waals surface area contributed by atoms with E-state index >= 15 is 0 Å². The van der Waals surface area contributed by atoms with Crippen molar-refractivity contribution in [2.24, 2.45) is 5.92 Å². The molecule has 1 fully saturated rings. The quantitative estimate of drug-likeness (QED) is 0.724. The number of carbonyl (C=O) groups excluding carboxylic acids is 1. The maximum Gasteiger partial charge on any atom is 0.194 e. The summed E-state index contributed by atoms with van der Waals surface area (Å²) >= 11 is 0. The lowest BCUT2D eigenvalue weighted by molar-refractivity contribution is -0.120. The summed E-state index contributed by atoms with van der Waals surface area (Å²) in [7, 11) is 0. The van der Waals surface area contributed by atoms with E-state index in [1.165, 1.54) is 0 Å². The van der Waals surface area contributed by atoms with Crippen LogP contribution in [0, 0.1) is 23.4 Å². The summed E-state index contributed by atoms with van der Waals surface area (Å²) < 4.78 is 38.3. The number of aryl methyl sites for hydroxylation is 1. The van der Waals surface area contributed by atoms with E-state index in [4.69, 9.17) is 0 Å². The van der Waals surface area contributed by atoms with Gasteiger partial charge in [-0.25, -0.2) is 13.2 Å². The van der Waals surface area contributed by atoms with E-state index in [-0.39, 0.29) is 24.5 Å². The number of hydrogen-bond donors (Lipinski definition) is 0. The monoisotopic (exact) mass is 228 g/mol. The van der Waals surface area contributed by atoms with Gasteiger partial charge in [0.2, 0.25) is 0 Å². The topological polar surface area (TPSA) is 17.1 Å². The highest BCUT2D eigenvalue weighted by Crippen LogP contribution is 2.31. The minimum Gasteiger partial charge on any atom is -0.299 e. The third-order valence-electron chi connectivity index (χ3n) is 2.74. The van der Waals surface area contributed by atoms with E-state index in [2.05, 4.69) is 0 Å². The molecule has 4 heteroatoms. The van der Waals surface area contributed by atoms with Crippen molar-refractivity contribution in [2.45, 2.75) is 25.7 Å². The predicted octanol–water partition coefficient (Wildman–Crippen LogP) is 3.02. The van der Waals surface area contributed by atoms with Crippen molar-refractivity contribution in [1.29, 1.82) is 0 Å². The second-order valence-corrected chi connectivity index (χ2v) is 4.11. The van der Waals surface area contributed by atoms with Gasteiger partial charge in [-0.2, -0.15) is 0 Å². The van der Waals surface area contributed by atoms with Crippen LogP contribution in [0.3, 0.4) is 0 Å². The SMILES string of the molecule is O=C(CCc1cc(F)c(F)c(F)c1)C1CC1. The van der Waals surface area contributed by atoms with Gasteiger partial charge in [0.05, 0.1) is 0 Å². The molecule has 0 aliphatic heterocycles. The second-order valence-electron chi connectivity index (χ2n) is 4.11. The molecule has 0 spiro atoms. The first-order chi connectivity index (χ1) is 7.58. The Bertz CT molecular complexity index is 401. The highest BCUT2D eigenvalue weighted by Gasteiger charge is 2.28. The maximum absolute atomic E-state index is 12.8. The standard InChI is InChI=1S/C12H11F3O/c13-9-5-7(6-10(14)12(9)15)1-4-11(16)8-2-3-8/h5-6,8H,1-4H2. The first-order valence-corrected chi connectivity index (χ1v) is 5.24. The van der Waals surface area contributed by atoms with Gasteiger partial charge in [0.15, 0.2) is 17.5 Å². The van der Waals surface area contributed by atoms with Crippen molar-refractivity contribution in [1.82, 2.24) is 0 Å². The molecular weight excluding hydrogens is 217 g/mol. The summed E-state index contributed by atoms with van der Waals surface area (Å²) in [6.45, 7) is 0. The lowest BCUT2D eigenvalue weighted by Crippen LogP contribution is -2.03. The summed E-state index contributed by atoms with van der Waals surface area (Å²) in [5, 5.41) is 0. The molecule has 0 N–H and O–H groups in total. The predicted molar refractivity (Wildman–Crippen MR) is 52.4 cm³/mol. The molecule has 1 nitrogen and oxygen atoms in total. The van der Waals surface area contributed by atoms with Gasteiger partial charge in [-0.15, -0.1) is 0 Å². The van der Waals surface area contributed by atoms with Crippen LogP contribution in [0.4, 0.5) is 13.2 Å². The molecule has 0 unspecified atom stereocenters. The molecule has 0 radical (unpaired) electrons. The van der Waals surface area contributed by atoms with E-state index in [9.17, 15) is 18.0 Å². The normalized spacial score (nSPS) is 15.2. The molecule has 0 amide bonds. The van der Waals surface area contributed by atoms with E-state index in [0.717, 1.165) is 25.0 Å². The van der Waals surface area contributed by atoms with Crippen LogP contribution in [-0.2, 0) is 11.2 Å². The van der Waals surface area contributed by atoms with Crippen molar-refractivity contribution >= 4 is 5.78 Å². The van der Waals surface area contributed by atoms with Crippen LogP contribution in [-0.4, -0.2) is 5.78 Å². The van der Waals surface area contributed by atoms with Crippen molar-refractivity contribution in [3.8, 4) is 0 Å². The number of Topliss-reactive ketones (excluding diaryl/α,β-unsaturated/α-hetero) is 1. The highest BCUT2D eigenvalue weighted by molar-refractivity contribution is 5.83. The Morgan fingerprint density at radius 2 is 1.75 bits per heavy atom. The molecular formula is C12H11F3O. The van der Waals surface area contributed by atoms with Gasteiger partial charge < -0.3 is 0 Å². The Morgan fingerprint density at radius 3 is 2.25 bits per heavy atom. The molecule has 0 atom stereocenters. The first-order valence-electron chi connectivity index (χ1n) is 5.24. The van der Waals surface area contributed by atoms with Crippen LogP contribution in [0.25, 0.3) is 0 Å². The Kier molecular flexibility index (Phi) is 2.99. The van der Waals surface area contributed by atoms with Crippen LogP contribution in [0.15, 0.2) is 12.1 Å². The van der Waals surface area contributed by atoms with E-state index in [0.29, 0.717) is 5.56 Å². The summed E-state index contributed by atoms with van der Waals surface area (Å²) in [5.41, 5.74) is 0.324. The van der Waals surface area contributed by atoms with Crippen molar-refractivity contribution in [2.75, 3.05) is 0 Å². The largest absolute Gasteiger partial charge is 0.299 e. The number of halogens is 3. The van der Waals surface area contributed by atoms with Gasteiger partial charge >= 0.3 is 0 Å².